The normalized spacial score (nSPS) is 10.6. The van der Waals surface area contributed by atoms with Gasteiger partial charge in [0.25, 0.3) is 5.56 Å². The summed E-state index contributed by atoms with van der Waals surface area (Å²) in [6.45, 7) is 1.61. The Kier molecular flexibility index (Phi) is 5.14. The summed E-state index contributed by atoms with van der Waals surface area (Å²) >= 11 is 6.04. The van der Waals surface area contributed by atoms with Gasteiger partial charge in [0, 0.05) is 22.3 Å². The van der Waals surface area contributed by atoms with Crippen LogP contribution in [0.2, 0.25) is 5.02 Å². The van der Waals surface area contributed by atoms with Crippen LogP contribution in [0.1, 0.15) is 5.56 Å². The lowest BCUT2D eigenvalue weighted by Gasteiger charge is -2.09. The molecule has 0 fully saturated rings. The lowest BCUT2D eigenvalue weighted by Crippen LogP contribution is -2.29. The number of nitrogens with one attached hydrogen (secondary N) is 1. The second-order valence-electron chi connectivity index (χ2n) is 5.73. The van der Waals surface area contributed by atoms with E-state index in [1.54, 1.807) is 30.3 Å². The largest absolute Gasteiger partial charge is 0.324 e. The number of anilines is 1. The zero-order chi connectivity index (χ0) is 18.7. The number of nitrogens with zero attached hydrogens (tertiary/aromatic N) is 2. The van der Waals surface area contributed by atoms with Gasteiger partial charge >= 0.3 is 0 Å². The fraction of sp³-hybridized carbons (Fsp3) is 0.105. The molecule has 1 N–H and O–H groups in total. The standard InChI is InChI=1S/C19H15ClFN3O2/c1-12-2-7-15(10-16(12)20)22-18(25)11-24-19(26)9-8-17(23-24)13-3-5-14(21)6-4-13/h2-10H,11H2,1H3,(H,22,25). The highest BCUT2D eigenvalue weighted by atomic mass is 35.5. The van der Waals surface area contributed by atoms with Crippen molar-refractivity contribution in [3.63, 3.8) is 0 Å². The Balaban J connectivity index is 1.79. The molecule has 0 aliphatic carbocycles. The van der Waals surface area contributed by atoms with Gasteiger partial charge in [-0.15, -0.1) is 0 Å². The number of aryl methyl sites for hydroxylation is 1. The number of aromatic nitrogens is 2. The summed E-state index contributed by atoms with van der Waals surface area (Å²) in [7, 11) is 0. The van der Waals surface area contributed by atoms with Gasteiger partial charge in [0.2, 0.25) is 5.91 Å². The summed E-state index contributed by atoms with van der Waals surface area (Å²) in [5.74, 6) is -0.769. The van der Waals surface area contributed by atoms with Crippen molar-refractivity contribution in [3.8, 4) is 11.3 Å². The maximum Gasteiger partial charge on any atom is 0.267 e. The third-order valence-electron chi connectivity index (χ3n) is 3.76. The monoisotopic (exact) mass is 371 g/mol. The molecule has 0 aliphatic heterocycles. The number of carbonyl (C=O) groups is 1. The number of hydrogen-bond donors (Lipinski definition) is 1. The molecule has 1 aromatic heterocycles. The molecule has 0 atom stereocenters. The van der Waals surface area contributed by atoms with E-state index in [0.717, 1.165) is 10.2 Å². The number of halogens is 2. The molecule has 0 bridgehead atoms. The number of hydrogen-bond acceptors (Lipinski definition) is 3. The first-order valence-corrected chi connectivity index (χ1v) is 8.20. The van der Waals surface area contributed by atoms with Crippen molar-refractivity contribution in [1.29, 1.82) is 0 Å². The smallest absolute Gasteiger partial charge is 0.267 e. The maximum atomic E-state index is 13.0. The van der Waals surface area contributed by atoms with E-state index in [4.69, 9.17) is 11.6 Å². The maximum absolute atomic E-state index is 13.0. The fourth-order valence-corrected chi connectivity index (χ4v) is 2.52. The summed E-state index contributed by atoms with van der Waals surface area (Å²) in [6, 6.07) is 13.7. The van der Waals surface area contributed by atoms with Gasteiger partial charge in [-0.1, -0.05) is 17.7 Å². The van der Waals surface area contributed by atoms with Crippen molar-refractivity contribution >= 4 is 23.2 Å². The van der Waals surface area contributed by atoms with E-state index in [9.17, 15) is 14.0 Å². The lowest BCUT2D eigenvalue weighted by atomic mass is 10.1. The van der Waals surface area contributed by atoms with Crippen molar-refractivity contribution < 1.29 is 9.18 Å². The third kappa shape index (κ3) is 4.15. The second kappa shape index (κ2) is 7.49. The first-order valence-electron chi connectivity index (χ1n) is 7.82. The number of benzene rings is 2. The van der Waals surface area contributed by atoms with Crippen LogP contribution in [0.25, 0.3) is 11.3 Å². The Labute approximate surface area is 154 Å². The zero-order valence-electron chi connectivity index (χ0n) is 13.9. The van der Waals surface area contributed by atoms with Crippen LogP contribution in [-0.2, 0) is 11.3 Å². The molecule has 0 unspecified atom stereocenters. The average Bonchev–Trinajstić information content (AvgIpc) is 2.61. The van der Waals surface area contributed by atoms with Crippen LogP contribution in [0.15, 0.2) is 59.4 Å². The quantitative estimate of drug-likeness (QED) is 0.761. The fourth-order valence-electron chi connectivity index (χ4n) is 2.34. The molecule has 3 aromatic rings. The van der Waals surface area contributed by atoms with E-state index in [0.29, 0.717) is 22.0 Å². The Bertz CT molecular complexity index is 1020. The molecule has 3 rings (SSSR count). The molecular weight excluding hydrogens is 357 g/mol. The Morgan fingerprint density at radius 2 is 1.88 bits per heavy atom. The van der Waals surface area contributed by atoms with Crippen LogP contribution in [0.3, 0.4) is 0 Å². The molecule has 2 aromatic carbocycles. The van der Waals surface area contributed by atoms with E-state index in [2.05, 4.69) is 10.4 Å². The van der Waals surface area contributed by atoms with Gasteiger partial charge in [0.05, 0.1) is 5.69 Å². The van der Waals surface area contributed by atoms with Gasteiger partial charge in [-0.2, -0.15) is 5.10 Å². The minimum absolute atomic E-state index is 0.251. The topological polar surface area (TPSA) is 64.0 Å². The molecule has 5 nitrogen and oxygen atoms in total. The minimum atomic E-state index is -0.409. The first kappa shape index (κ1) is 17.8. The molecular formula is C19H15ClFN3O2. The van der Waals surface area contributed by atoms with E-state index in [-0.39, 0.29) is 12.4 Å². The van der Waals surface area contributed by atoms with Gasteiger partial charge in [-0.25, -0.2) is 9.07 Å². The van der Waals surface area contributed by atoms with Gasteiger partial charge in [0.1, 0.15) is 12.4 Å². The molecule has 7 heteroatoms. The first-order chi connectivity index (χ1) is 12.4. The lowest BCUT2D eigenvalue weighted by molar-refractivity contribution is -0.117. The molecule has 26 heavy (non-hydrogen) atoms. The molecule has 0 radical (unpaired) electrons. The van der Waals surface area contributed by atoms with Crippen LogP contribution in [0, 0.1) is 12.7 Å². The molecule has 1 heterocycles. The highest BCUT2D eigenvalue weighted by Crippen LogP contribution is 2.20. The molecule has 0 saturated carbocycles. The van der Waals surface area contributed by atoms with Crippen molar-refractivity contribution in [3.05, 3.63) is 81.4 Å². The summed E-state index contributed by atoms with van der Waals surface area (Å²) < 4.78 is 14.1. The predicted molar refractivity (Wildman–Crippen MR) is 98.7 cm³/mol. The molecule has 0 spiro atoms. The van der Waals surface area contributed by atoms with E-state index < -0.39 is 11.5 Å². The Morgan fingerprint density at radius 1 is 1.15 bits per heavy atom. The SMILES string of the molecule is Cc1ccc(NC(=O)Cn2nc(-c3ccc(F)cc3)ccc2=O)cc1Cl. The van der Waals surface area contributed by atoms with E-state index in [1.807, 2.05) is 6.92 Å². The van der Waals surface area contributed by atoms with Crippen molar-refractivity contribution in [1.82, 2.24) is 9.78 Å². The summed E-state index contributed by atoms with van der Waals surface area (Å²) in [5, 5.41) is 7.40. The minimum Gasteiger partial charge on any atom is -0.324 e. The van der Waals surface area contributed by atoms with Crippen LogP contribution in [0.5, 0.6) is 0 Å². The van der Waals surface area contributed by atoms with Crippen LogP contribution in [-0.4, -0.2) is 15.7 Å². The average molecular weight is 372 g/mol. The third-order valence-corrected chi connectivity index (χ3v) is 4.16. The van der Waals surface area contributed by atoms with Gasteiger partial charge < -0.3 is 5.32 Å². The summed E-state index contributed by atoms with van der Waals surface area (Å²) in [4.78, 5) is 24.2. The van der Waals surface area contributed by atoms with Crippen molar-refractivity contribution in [2.24, 2.45) is 0 Å². The van der Waals surface area contributed by atoms with E-state index >= 15 is 0 Å². The van der Waals surface area contributed by atoms with Crippen molar-refractivity contribution in [2.75, 3.05) is 5.32 Å². The summed E-state index contributed by atoms with van der Waals surface area (Å²) in [5.41, 5.74) is 2.14. The Hall–Kier alpha value is -2.99. The number of amides is 1. The van der Waals surface area contributed by atoms with Crippen LogP contribution < -0.4 is 10.9 Å². The van der Waals surface area contributed by atoms with Crippen molar-refractivity contribution in [2.45, 2.75) is 13.5 Å². The highest BCUT2D eigenvalue weighted by Gasteiger charge is 2.09. The Morgan fingerprint density at radius 3 is 2.58 bits per heavy atom. The second-order valence-corrected chi connectivity index (χ2v) is 6.14. The molecule has 1 amide bonds. The zero-order valence-corrected chi connectivity index (χ0v) is 14.6. The van der Waals surface area contributed by atoms with Gasteiger partial charge in [-0.05, 0) is 55.0 Å². The summed E-state index contributed by atoms with van der Waals surface area (Å²) in [6.07, 6.45) is 0. The molecule has 132 valence electrons. The van der Waals surface area contributed by atoms with Crippen LogP contribution >= 0.6 is 11.6 Å². The number of rotatable bonds is 4. The molecule has 0 aliphatic rings. The van der Waals surface area contributed by atoms with Crippen LogP contribution in [0.4, 0.5) is 10.1 Å². The predicted octanol–water partition coefficient (Wildman–Crippen LogP) is 3.65. The van der Waals surface area contributed by atoms with Gasteiger partial charge in [0.15, 0.2) is 0 Å². The van der Waals surface area contributed by atoms with Gasteiger partial charge in [-0.3, -0.25) is 9.59 Å². The highest BCUT2D eigenvalue weighted by molar-refractivity contribution is 6.31. The van der Waals surface area contributed by atoms with E-state index in [1.165, 1.54) is 24.3 Å². The molecule has 0 saturated heterocycles. The number of carbonyl (C=O) groups excluding carboxylic acids is 1.